The number of hydrogen-bond donors (Lipinski definition) is 2. The van der Waals surface area contributed by atoms with Crippen LogP contribution >= 0.6 is 0 Å². The Bertz CT molecular complexity index is 1280. The number of benzene rings is 2. The highest BCUT2D eigenvalue weighted by atomic mass is 16.5. The van der Waals surface area contributed by atoms with Crippen molar-refractivity contribution in [2.24, 2.45) is 0 Å². The number of esters is 1. The van der Waals surface area contributed by atoms with Crippen molar-refractivity contribution in [2.45, 2.75) is 20.0 Å². The predicted molar refractivity (Wildman–Crippen MR) is 108 cm³/mol. The first-order valence-corrected chi connectivity index (χ1v) is 8.98. The van der Waals surface area contributed by atoms with Gasteiger partial charge in [0.2, 0.25) is 0 Å². The van der Waals surface area contributed by atoms with Gasteiger partial charge in [-0.15, -0.1) is 0 Å². The molecule has 4 rings (SSSR count). The van der Waals surface area contributed by atoms with Gasteiger partial charge in [0.25, 0.3) is 0 Å². The number of carboxylic acid groups (broad SMARTS) is 1. The molecule has 146 valence electrons. The van der Waals surface area contributed by atoms with Gasteiger partial charge in [0.05, 0.1) is 22.7 Å². The Labute approximate surface area is 165 Å². The molecule has 0 radical (unpaired) electrons. The number of ether oxygens (including phenoxy) is 1. The third kappa shape index (κ3) is 3.14. The summed E-state index contributed by atoms with van der Waals surface area (Å²) in [6.45, 7) is 3.48. The number of nitrogen functional groups attached to an aromatic ring is 1. The summed E-state index contributed by atoms with van der Waals surface area (Å²) < 4.78 is 6.88. The number of hydrogen-bond acceptors (Lipinski definition) is 6. The fraction of sp³-hybridized carbons (Fsp3) is 0.143. The molecule has 0 fully saturated rings. The topological polar surface area (TPSA) is 120 Å². The van der Waals surface area contributed by atoms with Crippen molar-refractivity contribution in [3.8, 4) is 5.69 Å². The third-order valence-corrected chi connectivity index (χ3v) is 4.40. The molecule has 0 aliphatic heterocycles. The van der Waals surface area contributed by atoms with Crippen LogP contribution in [0.4, 0.5) is 5.82 Å². The minimum absolute atomic E-state index is 0.0866. The molecule has 0 unspecified atom stereocenters. The van der Waals surface area contributed by atoms with Crippen LogP contribution in [0.5, 0.6) is 0 Å². The maximum absolute atomic E-state index is 12.8. The number of carboxylic acids is 1. The molecule has 2 heterocycles. The number of para-hydroxylation sites is 2. The molecule has 0 atom stereocenters. The van der Waals surface area contributed by atoms with Gasteiger partial charge in [0.1, 0.15) is 16.9 Å². The fourth-order valence-corrected chi connectivity index (χ4v) is 3.18. The third-order valence-electron chi connectivity index (χ3n) is 4.40. The highest BCUT2D eigenvalue weighted by Gasteiger charge is 2.26. The molecule has 3 N–H and O–H groups in total. The number of fused-ring (bicyclic) bond motifs is 2. The van der Waals surface area contributed by atoms with E-state index in [9.17, 15) is 14.7 Å². The van der Waals surface area contributed by atoms with Crippen molar-refractivity contribution >= 4 is 40.0 Å². The smallest absolute Gasteiger partial charge is 0.344 e. The molecule has 2 aromatic heterocycles. The fourth-order valence-electron chi connectivity index (χ4n) is 3.18. The first-order chi connectivity index (χ1) is 13.9. The van der Waals surface area contributed by atoms with Crippen LogP contribution in [0.3, 0.4) is 0 Å². The van der Waals surface area contributed by atoms with Crippen LogP contribution in [-0.4, -0.2) is 37.7 Å². The van der Waals surface area contributed by atoms with Gasteiger partial charge < -0.3 is 15.6 Å². The van der Waals surface area contributed by atoms with Gasteiger partial charge in [-0.05, 0) is 44.2 Å². The summed E-state index contributed by atoms with van der Waals surface area (Å²) in [6.07, 6.45) is -0.343. The average molecular weight is 390 g/mol. The molecule has 8 heteroatoms. The second-order valence-corrected chi connectivity index (χ2v) is 6.79. The van der Waals surface area contributed by atoms with Crippen LogP contribution in [0.25, 0.3) is 27.9 Å². The molecule has 0 amide bonds. The summed E-state index contributed by atoms with van der Waals surface area (Å²) in [5, 5.41) is 9.33. The largest absolute Gasteiger partial charge is 0.478 e. The Kier molecular flexibility index (Phi) is 4.38. The standard InChI is InChI=1S/C21H18N4O4/c1-11(2)29-21(28)16-17-19(24-15-9-4-3-8-14(15)23-17)25(18(16)22)13-7-5-6-12(10-13)20(26)27/h3-11H,22H2,1-2H3,(H,26,27). The van der Waals surface area contributed by atoms with E-state index in [1.54, 1.807) is 38.1 Å². The van der Waals surface area contributed by atoms with E-state index in [2.05, 4.69) is 9.97 Å². The summed E-state index contributed by atoms with van der Waals surface area (Å²) in [4.78, 5) is 33.4. The number of carbonyl (C=O) groups is 2. The van der Waals surface area contributed by atoms with Crippen molar-refractivity contribution in [3.05, 3.63) is 59.7 Å². The van der Waals surface area contributed by atoms with Gasteiger partial charge in [-0.2, -0.15) is 0 Å². The molecule has 0 saturated carbocycles. The SMILES string of the molecule is CC(C)OC(=O)c1c(N)n(-c2cccc(C(=O)O)c2)c2nc3ccccc3nc12. The van der Waals surface area contributed by atoms with Crippen LogP contribution in [0.2, 0.25) is 0 Å². The second kappa shape index (κ2) is 6.90. The molecule has 2 aromatic carbocycles. The van der Waals surface area contributed by atoms with Crippen molar-refractivity contribution in [3.63, 3.8) is 0 Å². The van der Waals surface area contributed by atoms with Gasteiger partial charge in [0, 0.05) is 5.69 Å². The maximum Gasteiger partial charge on any atom is 0.344 e. The van der Waals surface area contributed by atoms with Crippen LogP contribution in [0.15, 0.2) is 48.5 Å². The number of aromatic nitrogens is 3. The molecule has 0 saturated heterocycles. The molecule has 8 nitrogen and oxygen atoms in total. The van der Waals surface area contributed by atoms with E-state index >= 15 is 0 Å². The van der Waals surface area contributed by atoms with Crippen molar-refractivity contribution in [1.82, 2.24) is 14.5 Å². The van der Waals surface area contributed by atoms with E-state index in [-0.39, 0.29) is 23.0 Å². The Morgan fingerprint density at radius 1 is 1.07 bits per heavy atom. The minimum atomic E-state index is -1.07. The van der Waals surface area contributed by atoms with E-state index < -0.39 is 11.9 Å². The molecule has 0 aliphatic carbocycles. The van der Waals surface area contributed by atoms with E-state index in [0.717, 1.165) is 0 Å². The zero-order valence-corrected chi connectivity index (χ0v) is 15.8. The van der Waals surface area contributed by atoms with Gasteiger partial charge in [0.15, 0.2) is 5.65 Å². The molecular weight excluding hydrogens is 372 g/mol. The molecule has 4 aromatic rings. The van der Waals surface area contributed by atoms with Crippen LogP contribution < -0.4 is 5.73 Å². The molecule has 0 aliphatic rings. The summed E-state index contributed by atoms with van der Waals surface area (Å²) in [6, 6.07) is 13.5. The lowest BCUT2D eigenvalue weighted by molar-refractivity contribution is 0.0381. The monoisotopic (exact) mass is 390 g/mol. The van der Waals surface area contributed by atoms with Crippen molar-refractivity contribution in [1.29, 1.82) is 0 Å². The predicted octanol–water partition coefficient (Wildman–Crippen LogP) is 3.42. The number of nitrogens with zero attached hydrogens (tertiary/aromatic N) is 3. The van der Waals surface area contributed by atoms with Crippen LogP contribution in [-0.2, 0) is 4.74 Å². The average Bonchev–Trinajstić information content (AvgIpc) is 2.96. The molecule has 0 bridgehead atoms. The lowest BCUT2D eigenvalue weighted by atomic mass is 10.2. The Morgan fingerprint density at radius 3 is 2.41 bits per heavy atom. The zero-order chi connectivity index (χ0) is 20.7. The number of rotatable bonds is 4. The van der Waals surface area contributed by atoms with Crippen LogP contribution in [0, 0.1) is 0 Å². The van der Waals surface area contributed by atoms with Gasteiger partial charge >= 0.3 is 11.9 Å². The van der Waals surface area contributed by atoms with Gasteiger partial charge in [-0.1, -0.05) is 18.2 Å². The summed E-state index contributed by atoms with van der Waals surface area (Å²) in [5.41, 5.74) is 8.87. The Balaban J connectivity index is 2.07. The van der Waals surface area contributed by atoms with Crippen molar-refractivity contribution < 1.29 is 19.4 Å². The highest BCUT2D eigenvalue weighted by Crippen LogP contribution is 2.32. The van der Waals surface area contributed by atoms with Gasteiger partial charge in [-0.3, -0.25) is 4.57 Å². The Hall–Kier alpha value is -3.94. The first-order valence-electron chi connectivity index (χ1n) is 8.98. The number of nitrogens with two attached hydrogens (primary N) is 1. The lowest BCUT2D eigenvalue weighted by Gasteiger charge is -2.09. The molecule has 29 heavy (non-hydrogen) atoms. The quantitative estimate of drug-likeness (QED) is 0.512. The zero-order valence-electron chi connectivity index (χ0n) is 15.8. The number of aromatic carboxylic acids is 1. The number of anilines is 1. The summed E-state index contributed by atoms with van der Waals surface area (Å²) in [7, 11) is 0. The van der Waals surface area contributed by atoms with E-state index in [1.807, 2.05) is 12.1 Å². The number of carbonyl (C=O) groups excluding carboxylic acids is 1. The molecule has 0 spiro atoms. The van der Waals surface area contributed by atoms with E-state index in [1.165, 1.54) is 16.7 Å². The maximum atomic E-state index is 12.8. The van der Waals surface area contributed by atoms with Crippen LogP contribution in [0.1, 0.15) is 34.6 Å². The summed E-state index contributed by atoms with van der Waals surface area (Å²) >= 11 is 0. The lowest BCUT2D eigenvalue weighted by Crippen LogP contribution is -2.14. The molecular formula is C21H18N4O4. The second-order valence-electron chi connectivity index (χ2n) is 6.79. The minimum Gasteiger partial charge on any atom is -0.478 e. The van der Waals surface area contributed by atoms with Crippen molar-refractivity contribution in [2.75, 3.05) is 5.73 Å². The van der Waals surface area contributed by atoms with Gasteiger partial charge in [-0.25, -0.2) is 19.6 Å². The van der Waals surface area contributed by atoms with E-state index in [0.29, 0.717) is 27.9 Å². The highest BCUT2D eigenvalue weighted by molar-refractivity contribution is 6.09. The Morgan fingerprint density at radius 2 is 1.76 bits per heavy atom. The normalized spacial score (nSPS) is 11.3. The first kappa shape index (κ1) is 18.4. The van der Waals surface area contributed by atoms with E-state index in [4.69, 9.17) is 10.5 Å². The summed E-state index contributed by atoms with van der Waals surface area (Å²) in [5.74, 6) is -1.60.